The number of fused-ring (bicyclic) bond motifs is 1. The van der Waals surface area contributed by atoms with Crippen LogP contribution < -0.4 is 5.73 Å². The average Bonchev–Trinajstić information content (AvgIpc) is 3.34. The third-order valence-corrected chi connectivity index (χ3v) is 6.15. The van der Waals surface area contributed by atoms with E-state index in [2.05, 4.69) is 20.3 Å². The van der Waals surface area contributed by atoms with E-state index >= 15 is 0 Å². The van der Waals surface area contributed by atoms with E-state index in [0.717, 1.165) is 16.9 Å². The number of nitrogens with zero attached hydrogens (tertiary/aromatic N) is 5. The van der Waals surface area contributed by atoms with Crippen LogP contribution in [-0.2, 0) is 10.1 Å². The van der Waals surface area contributed by atoms with Gasteiger partial charge < -0.3 is 5.73 Å². The van der Waals surface area contributed by atoms with Crippen LogP contribution in [0.5, 0.6) is 0 Å². The van der Waals surface area contributed by atoms with Crippen molar-refractivity contribution in [2.45, 2.75) is 4.90 Å². The standard InChI is InChI=1S/C24H18N6O3S/c25-21-12-11-19-20(4-3-5-22(19)34(31,32)33)24(21)29-28-18-9-7-16(8-10-18)17-14-27-30(15-17)23-6-1-2-13-26-23/h1-15H,25H2,(H,31,32,33). The van der Waals surface area contributed by atoms with Crippen molar-refractivity contribution < 1.29 is 13.0 Å². The fourth-order valence-electron chi connectivity index (χ4n) is 3.58. The van der Waals surface area contributed by atoms with Gasteiger partial charge in [0.05, 0.1) is 17.6 Å². The first-order valence-electron chi connectivity index (χ1n) is 10.2. The molecule has 168 valence electrons. The lowest BCUT2D eigenvalue weighted by Gasteiger charge is -2.08. The molecule has 0 radical (unpaired) electrons. The SMILES string of the molecule is Nc1ccc2c(S(=O)(=O)O)cccc2c1N=Nc1ccc(-c2cnn(-c3ccccn3)c2)cc1. The molecule has 5 aromatic rings. The monoisotopic (exact) mass is 470 g/mol. The van der Waals surface area contributed by atoms with Gasteiger partial charge in [-0.25, -0.2) is 9.67 Å². The Bertz CT molecular complexity index is 1630. The summed E-state index contributed by atoms with van der Waals surface area (Å²) in [4.78, 5) is 4.08. The van der Waals surface area contributed by atoms with Gasteiger partial charge in [-0.3, -0.25) is 4.55 Å². The minimum atomic E-state index is -4.40. The molecule has 0 aliphatic carbocycles. The van der Waals surface area contributed by atoms with E-state index in [1.54, 1.807) is 23.1 Å². The second kappa shape index (κ2) is 8.50. The predicted octanol–water partition coefficient (Wildman–Crippen LogP) is 5.33. The van der Waals surface area contributed by atoms with Gasteiger partial charge in [0.15, 0.2) is 5.82 Å². The summed E-state index contributed by atoms with van der Waals surface area (Å²) >= 11 is 0. The van der Waals surface area contributed by atoms with Crippen molar-refractivity contribution in [2.24, 2.45) is 10.2 Å². The molecule has 0 amide bonds. The maximum Gasteiger partial charge on any atom is 0.295 e. The van der Waals surface area contributed by atoms with Crippen LogP contribution >= 0.6 is 0 Å². The molecule has 0 atom stereocenters. The maximum absolute atomic E-state index is 11.7. The Kier molecular flexibility index (Phi) is 5.36. The summed E-state index contributed by atoms with van der Waals surface area (Å²) in [5.74, 6) is 0.726. The number of hydrogen-bond acceptors (Lipinski definition) is 7. The van der Waals surface area contributed by atoms with Crippen LogP contribution in [0.15, 0.2) is 107 Å². The minimum Gasteiger partial charge on any atom is -0.397 e. The summed E-state index contributed by atoms with van der Waals surface area (Å²) in [6.45, 7) is 0. The Morgan fingerprint density at radius 3 is 2.41 bits per heavy atom. The van der Waals surface area contributed by atoms with Crippen LogP contribution in [0.1, 0.15) is 0 Å². The highest BCUT2D eigenvalue weighted by atomic mass is 32.2. The van der Waals surface area contributed by atoms with E-state index in [0.29, 0.717) is 27.8 Å². The molecule has 3 aromatic carbocycles. The molecule has 0 saturated heterocycles. The van der Waals surface area contributed by atoms with Gasteiger partial charge in [0.1, 0.15) is 10.6 Å². The quantitative estimate of drug-likeness (QED) is 0.202. The maximum atomic E-state index is 11.7. The number of rotatable bonds is 5. The number of benzene rings is 3. The summed E-state index contributed by atoms with van der Waals surface area (Å²) < 4.78 is 34.6. The van der Waals surface area contributed by atoms with Crippen molar-refractivity contribution in [2.75, 3.05) is 5.73 Å². The van der Waals surface area contributed by atoms with Crippen LogP contribution in [0.3, 0.4) is 0 Å². The Labute approximate surface area is 195 Å². The molecule has 10 heteroatoms. The highest BCUT2D eigenvalue weighted by Gasteiger charge is 2.16. The molecule has 9 nitrogen and oxygen atoms in total. The number of nitrogens with two attached hydrogens (primary N) is 1. The van der Waals surface area contributed by atoms with Gasteiger partial charge in [-0.15, -0.1) is 5.11 Å². The molecule has 0 unspecified atom stereocenters. The van der Waals surface area contributed by atoms with Gasteiger partial charge in [-0.05, 0) is 42.0 Å². The Morgan fingerprint density at radius 2 is 1.68 bits per heavy atom. The zero-order chi connectivity index (χ0) is 23.7. The third-order valence-electron chi connectivity index (χ3n) is 5.23. The Morgan fingerprint density at radius 1 is 0.853 bits per heavy atom. The highest BCUT2D eigenvalue weighted by Crippen LogP contribution is 2.36. The number of anilines is 1. The van der Waals surface area contributed by atoms with E-state index < -0.39 is 10.1 Å². The number of azo groups is 1. The number of nitrogen functional groups attached to an aromatic ring is 1. The number of hydrogen-bond donors (Lipinski definition) is 2. The predicted molar refractivity (Wildman–Crippen MR) is 129 cm³/mol. The van der Waals surface area contributed by atoms with Gasteiger partial charge in [-0.1, -0.05) is 36.4 Å². The van der Waals surface area contributed by atoms with E-state index in [4.69, 9.17) is 5.73 Å². The smallest absolute Gasteiger partial charge is 0.295 e. The van der Waals surface area contributed by atoms with Gasteiger partial charge in [-0.2, -0.15) is 18.6 Å². The van der Waals surface area contributed by atoms with Crippen LogP contribution in [0, 0.1) is 0 Å². The van der Waals surface area contributed by atoms with Crippen LogP contribution in [-0.4, -0.2) is 27.7 Å². The van der Waals surface area contributed by atoms with Crippen molar-refractivity contribution in [3.05, 3.63) is 91.4 Å². The first-order valence-corrected chi connectivity index (χ1v) is 11.6. The van der Waals surface area contributed by atoms with E-state index in [-0.39, 0.29) is 4.90 Å². The lowest BCUT2D eigenvalue weighted by Crippen LogP contribution is -1.99. The Balaban J connectivity index is 1.44. The first kappa shape index (κ1) is 21.4. The summed E-state index contributed by atoms with van der Waals surface area (Å²) in [6, 6.07) is 20.6. The second-order valence-electron chi connectivity index (χ2n) is 7.44. The van der Waals surface area contributed by atoms with Gasteiger partial charge in [0.25, 0.3) is 10.1 Å². The molecule has 2 heterocycles. The van der Waals surface area contributed by atoms with Gasteiger partial charge in [0, 0.05) is 28.7 Å². The lowest BCUT2D eigenvalue weighted by molar-refractivity contribution is 0.484. The highest BCUT2D eigenvalue weighted by molar-refractivity contribution is 7.86. The average molecular weight is 471 g/mol. The molecule has 0 saturated carbocycles. The molecule has 34 heavy (non-hydrogen) atoms. The van der Waals surface area contributed by atoms with Crippen LogP contribution in [0.2, 0.25) is 0 Å². The number of aromatic nitrogens is 3. The van der Waals surface area contributed by atoms with E-state index in [9.17, 15) is 13.0 Å². The molecule has 0 bridgehead atoms. The summed E-state index contributed by atoms with van der Waals surface area (Å²) in [7, 11) is -4.40. The zero-order valence-electron chi connectivity index (χ0n) is 17.6. The zero-order valence-corrected chi connectivity index (χ0v) is 18.5. The Hall–Kier alpha value is -4.41. The summed E-state index contributed by atoms with van der Waals surface area (Å²) in [5, 5.41) is 13.7. The molecule has 0 spiro atoms. The van der Waals surface area contributed by atoms with Crippen molar-refractivity contribution in [3.8, 4) is 16.9 Å². The van der Waals surface area contributed by atoms with Crippen molar-refractivity contribution in [1.29, 1.82) is 0 Å². The fourth-order valence-corrected chi connectivity index (χ4v) is 4.29. The number of pyridine rings is 1. The molecular formula is C24H18N6O3S. The molecule has 3 N–H and O–H groups in total. The minimum absolute atomic E-state index is 0.211. The van der Waals surface area contributed by atoms with E-state index in [1.165, 1.54) is 24.3 Å². The molecule has 0 aliphatic rings. The van der Waals surface area contributed by atoms with Gasteiger partial charge >= 0.3 is 0 Å². The summed E-state index contributed by atoms with van der Waals surface area (Å²) in [5.41, 5.74) is 9.19. The molecule has 0 aliphatic heterocycles. The van der Waals surface area contributed by atoms with Crippen molar-refractivity contribution in [3.63, 3.8) is 0 Å². The topological polar surface area (TPSA) is 136 Å². The van der Waals surface area contributed by atoms with Crippen molar-refractivity contribution >= 4 is 38.0 Å². The molecule has 2 aromatic heterocycles. The first-order chi connectivity index (χ1) is 16.4. The normalized spacial score (nSPS) is 11.9. The van der Waals surface area contributed by atoms with E-state index in [1.807, 2.05) is 48.7 Å². The molecular weight excluding hydrogens is 452 g/mol. The summed E-state index contributed by atoms with van der Waals surface area (Å²) in [6.07, 6.45) is 5.36. The lowest BCUT2D eigenvalue weighted by atomic mass is 10.1. The molecule has 0 fully saturated rings. The fraction of sp³-hybridized carbons (Fsp3) is 0. The third kappa shape index (κ3) is 4.15. The van der Waals surface area contributed by atoms with Crippen LogP contribution in [0.4, 0.5) is 17.1 Å². The van der Waals surface area contributed by atoms with Crippen LogP contribution in [0.25, 0.3) is 27.7 Å². The van der Waals surface area contributed by atoms with Crippen molar-refractivity contribution in [1.82, 2.24) is 14.8 Å². The second-order valence-corrected chi connectivity index (χ2v) is 8.83. The molecule has 5 rings (SSSR count). The largest absolute Gasteiger partial charge is 0.397 e. The van der Waals surface area contributed by atoms with Gasteiger partial charge in [0.2, 0.25) is 0 Å².